The number of nitrogens with zero attached hydrogens (tertiary/aromatic N) is 1. The largest absolute Gasteiger partial charge is 0.497 e. The number of benzene rings is 2. The quantitative estimate of drug-likeness (QED) is 0.502. The zero-order chi connectivity index (χ0) is 23.9. The summed E-state index contributed by atoms with van der Waals surface area (Å²) in [6.07, 6.45) is 0. The maximum absolute atomic E-state index is 12.5. The number of nitrogens with one attached hydrogen (secondary N) is 2. The molecule has 1 atom stereocenters. The second-order valence-corrected chi connectivity index (χ2v) is 10.6. The number of ether oxygens (including phenoxy) is 1. The molecule has 0 bridgehead atoms. The van der Waals surface area contributed by atoms with Crippen LogP contribution in [0.4, 0.5) is 0 Å². The van der Waals surface area contributed by atoms with Gasteiger partial charge in [-0.25, -0.2) is 16.8 Å². The van der Waals surface area contributed by atoms with Gasteiger partial charge in [-0.1, -0.05) is 26.0 Å². The molecule has 32 heavy (non-hydrogen) atoms. The van der Waals surface area contributed by atoms with Gasteiger partial charge in [0.25, 0.3) is 0 Å². The Labute approximate surface area is 189 Å². The van der Waals surface area contributed by atoms with Crippen LogP contribution in [0.5, 0.6) is 5.75 Å². The number of methoxy groups -OCH3 is 1. The highest BCUT2D eigenvalue weighted by atomic mass is 32.2. The van der Waals surface area contributed by atoms with Crippen molar-refractivity contribution in [2.45, 2.75) is 43.1 Å². The summed E-state index contributed by atoms with van der Waals surface area (Å²) >= 11 is 0. The second-order valence-electron chi connectivity index (χ2n) is 6.97. The van der Waals surface area contributed by atoms with Gasteiger partial charge in [-0.3, -0.25) is 4.79 Å². The number of amides is 1. The van der Waals surface area contributed by atoms with E-state index in [2.05, 4.69) is 10.0 Å². The summed E-state index contributed by atoms with van der Waals surface area (Å²) in [5, 5.41) is 2.65. The molecular weight excluding hydrogens is 454 g/mol. The Kier molecular flexibility index (Phi) is 8.79. The molecule has 2 rings (SSSR count). The molecule has 0 aliphatic rings. The summed E-state index contributed by atoms with van der Waals surface area (Å²) in [5.74, 6) is 0.00702. The highest BCUT2D eigenvalue weighted by molar-refractivity contribution is 7.89. The molecule has 0 saturated carbocycles. The van der Waals surface area contributed by atoms with E-state index < -0.39 is 32.0 Å². The molecule has 0 unspecified atom stereocenters. The summed E-state index contributed by atoms with van der Waals surface area (Å²) in [5.41, 5.74) is 0.682. The lowest BCUT2D eigenvalue weighted by Gasteiger charge is -2.18. The number of carbonyl (C=O) groups is 1. The van der Waals surface area contributed by atoms with Gasteiger partial charge < -0.3 is 10.1 Å². The van der Waals surface area contributed by atoms with Crippen molar-refractivity contribution in [2.75, 3.05) is 20.2 Å². The molecule has 0 heterocycles. The fraction of sp³-hybridized carbons (Fsp3) is 0.381. The van der Waals surface area contributed by atoms with E-state index in [1.165, 1.54) is 54.7 Å². The van der Waals surface area contributed by atoms with Crippen molar-refractivity contribution >= 4 is 26.0 Å². The maximum Gasteiger partial charge on any atom is 0.243 e. The Bertz CT molecular complexity index is 1110. The van der Waals surface area contributed by atoms with E-state index in [1.54, 1.807) is 26.0 Å². The molecule has 2 aromatic rings. The molecular formula is C21H29N3O6S2. The summed E-state index contributed by atoms with van der Waals surface area (Å²) in [6, 6.07) is 11.0. The molecule has 2 N–H and O–H groups in total. The molecule has 0 aliphatic heterocycles. The lowest BCUT2D eigenvalue weighted by Crippen LogP contribution is -2.44. The Balaban J connectivity index is 1.98. The number of hydrogen-bond acceptors (Lipinski definition) is 6. The Morgan fingerprint density at radius 2 is 1.47 bits per heavy atom. The average Bonchev–Trinajstić information content (AvgIpc) is 2.78. The standard InChI is InChI=1S/C21H29N3O6S2/c1-5-24(6-2)32(28,29)20-11-7-17(8-12-20)15-22-21(25)16(3)23-31(26,27)19-13-9-18(30-4)10-14-19/h7-14,16,23H,5-6,15H2,1-4H3,(H,22,25)/t16-/m0/s1. The van der Waals surface area contributed by atoms with Crippen LogP contribution < -0.4 is 14.8 Å². The molecule has 11 heteroatoms. The minimum Gasteiger partial charge on any atom is -0.497 e. The first-order valence-electron chi connectivity index (χ1n) is 10.1. The van der Waals surface area contributed by atoms with E-state index in [-0.39, 0.29) is 16.3 Å². The van der Waals surface area contributed by atoms with Gasteiger partial charge in [0.1, 0.15) is 5.75 Å². The van der Waals surface area contributed by atoms with E-state index in [4.69, 9.17) is 4.74 Å². The van der Waals surface area contributed by atoms with Crippen LogP contribution in [-0.4, -0.2) is 53.3 Å². The van der Waals surface area contributed by atoms with E-state index in [0.717, 1.165) is 0 Å². The van der Waals surface area contributed by atoms with Crippen LogP contribution in [0.2, 0.25) is 0 Å². The molecule has 176 valence electrons. The van der Waals surface area contributed by atoms with Crippen LogP contribution in [0.25, 0.3) is 0 Å². The third kappa shape index (κ3) is 6.28. The van der Waals surface area contributed by atoms with Gasteiger partial charge in [-0.15, -0.1) is 0 Å². The Morgan fingerprint density at radius 3 is 1.97 bits per heavy atom. The highest BCUT2D eigenvalue weighted by Crippen LogP contribution is 2.17. The SMILES string of the molecule is CCN(CC)S(=O)(=O)c1ccc(CNC(=O)[C@H](C)NS(=O)(=O)c2ccc(OC)cc2)cc1. The van der Waals surface area contributed by atoms with Crippen molar-refractivity contribution in [1.29, 1.82) is 0 Å². The minimum absolute atomic E-state index is 0.0166. The average molecular weight is 484 g/mol. The maximum atomic E-state index is 12.5. The van der Waals surface area contributed by atoms with Crippen LogP contribution in [0, 0.1) is 0 Å². The van der Waals surface area contributed by atoms with Crippen LogP contribution >= 0.6 is 0 Å². The molecule has 0 radical (unpaired) electrons. The zero-order valence-electron chi connectivity index (χ0n) is 18.5. The number of sulfonamides is 2. The fourth-order valence-electron chi connectivity index (χ4n) is 2.94. The molecule has 0 aliphatic carbocycles. The van der Waals surface area contributed by atoms with E-state index in [1.807, 2.05) is 0 Å². The van der Waals surface area contributed by atoms with Crippen molar-refractivity contribution in [3.63, 3.8) is 0 Å². The lowest BCUT2D eigenvalue weighted by atomic mass is 10.2. The Morgan fingerprint density at radius 1 is 0.938 bits per heavy atom. The molecule has 0 aromatic heterocycles. The highest BCUT2D eigenvalue weighted by Gasteiger charge is 2.23. The number of hydrogen-bond donors (Lipinski definition) is 2. The predicted octanol–water partition coefficient (Wildman–Crippen LogP) is 1.71. The van der Waals surface area contributed by atoms with Crippen LogP contribution in [-0.2, 0) is 31.4 Å². The molecule has 0 spiro atoms. The van der Waals surface area contributed by atoms with Crippen molar-refractivity contribution in [3.05, 3.63) is 54.1 Å². The first kappa shape index (κ1) is 25.8. The van der Waals surface area contributed by atoms with Crippen molar-refractivity contribution in [1.82, 2.24) is 14.3 Å². The fourth-order valence-corrected chi connectivity index (χ4v) is 5.60. The van der Waals surface area contributed by atoms with Crippen LogP contribution in [0.1, 0.15) is 26.3 Å². The smallest absolute Gasteiger partial charge is 0.243 e. The first-order valence-corrected chi connectivity index (χ1v) is 13.0. The molecule has 0 fully saturated rings. The molecule has 0 saturated heterocycles. The number of carbonyl (C=O) groups excluding carboxylic acids is 1. The van der Waals surface area contributed by atoms with Gasteiger partial charge >= 0.3 is 0 Å². The predicted molar refractivity (Wildman–Crippen MR) is 121 cm³/mol. The summed E-state index contributed by atoms with van der Waals surface area (Å²) in [6.45, 7) is 5.86. The van der Waals surface area contributed by atoms with Gasteiger partial charge in [0.05, 0.1) is 22.9 Å². The summed E-state index contributed by atoms with van der Waals surface area (Å²) in [7, 11) is -5.96. The monoisotopic (exact) mass is 483 g/mol. The first-order chi connectivity index (χ1) is 15.0. The van der Waals surface area contributed by atoms with E-state index in [0.29, 0.717) is 24.4 Å². The van der Waals surface area contributed by atoms with Crippen molar-refractivity contribution in [2.24, 2.45) is 0 Å². The Hall–Kier alpha value is -2.47. The topological polar surface area (TPSA) is 122 Å². The van der Waals surface area contributed by atoms with Gasteiger partial charge in [0.15, 0.2) is 0 Å². The van der Waals surface area contributed by atoms with Crippen LogP contribution in [0.3, 0.4) is 0 Å². The van der Waals surface area contributed by atoms with E-state index in [9.17, 15) is 21.6 Å². The zero-order valence-corrected chi connectivity index (χ0v) is 20.2. The lowest BCUT2D eigenvalue weighted by molar-refractivity contribution is -0.122. The second kappa shape index (κ2) is 10.9. The van der Waals surface area contributed by atoms with E-state index >= 15 is 0 Å². The molecule has 2 aromatic carbocycles. The van der Waals surface area contributed by atoms with Crippen LogP contribution in [0.15, 0.2) is 58.3 Å². The normalized spacial score (nSPS) is 13.0. The van der Waals surface area contributed by atoms with Crippen molar-refractivity contribution < 1.29 is 26.4 Å². The third-order valence-corrected chi connectivity index (χ3v) is 8.45. The van der Waals surface area contributed by atoms with Gasteiger partial charge in [-0.2, -0.15) is 9.03 Å². The number of rotatable bonds is 11. The van der Waals surface area contributed by atoms with Gasteiger partial charge in [0, 0.05) is 19.6 Å². The molecule has 1 amide bonds. The minimum atomic E-state index is -3.89. The van der Waals surface area contributed by atoms with Gasteiger partial charge in [-0.05, 0) is 48.9 Å². The summed E-state index contributed by atoms with van der Waals surface area (Å²) in [4.78, 5) is 12.6. The van der Waals surface area contributed by atoms with Crippen molar-refractivity contribution in [3.8, 4) is 5.75 Å². The summed E-state index contributed by atoms with van der Waals surface area (Å²) < 4.78 is 58.7. The third-order valence-electron chi connectivity index (χ3n) is 4.83. The van der Waals surface area contributed by atoms with Gasteiger partial charge in [0.2, 0.25) is 26.0 Å². The molecule has 9 nitrogen and oxygen atoms in total.